The van der Waals surface area contributed by atoms with E-state index in [1.807, 2.05) is 0 Å². The number of amides is 1. The Morgan fingerprint density at radius 1 is 1.38 bits per heavy atom. The van der Waals surface area contributed by atoms with Crippen molar-refractivity contribution in [1.82, 2.24) is 10.6 Å². The monoisotopic (exact) mass is 314 g/mol. The van der Waals surface area contributed by atoms with Crippen LogP contribution >= 0.6 is 12.4 Å². The summed E-state index contributed by atoms with van der Waals surface area (Å²) in [6.07, 6.45) is 1.05. The first-order chi connectivity index (χ1) is 9.43. The van der Waals surface area contributed by atoms with Crippen LogP contribution in [0.1, 0.15) is 32.8 Å². The van der Waals surface area contributed by atoms with E-state index in [0.29, 0.717) is 11.5 Å². The number of piperidine rings is 1. The molecule has 0 aliphatic carbocycles. The molecule has 2 rings (SSSR count). The van der Waals surface area contributed by atoms with Gasteiger partial charge in [0.25, 0.3) is 0 Å². The molecule has 1 fully saturated rings. The third-order valence-electron chi connectivity index (χ3n) is 4.26. The Balaban J connectivity index is 0.00000220. The average molecular weight is 315 g/mol. The van der Waals surface area contributed by atoms with E-state index in [1.165, 1.54) is 6.07 Å². The molecule has 0 aromatic heterocycles. The molecule has 21 heavy (non-hydrogen) atoms. The van der Waals surface area contributed by atoms with Crippen molar-refractivity contribution in [3.8, 4) is 0 Å². The Morgan fingerprint density at radius 3 is 2.67 bits per heavy atom. The molecule has 2 unspecified atom stereocenters. The summed E-state index contributed by atoms with van der Waals surface area (Å²) in [6.45, 7) is 7.44. The third kappa shape index (κ3) is 3.95. The van der Waals surface area contributed by atoms with Crippen molar-refractivity contribution in [1.29, 1.82) is 0 Å². The van der Waals surface area contributed by atoms with Gasteiger partial charge in [-0.1, -0.05) is 25.1 Å². The Bertz CT molecular complexity index is 493. The normalized spacial score (nSPS) is 22.3. The van der Waals surface area contributed by atoms with Crippen molar-refractivity contribution >= 4 is 18.3 Å². The van der Waals surface area contributed by atoms with Gasteiger partial charge in [0.2, 0.25) is 5.91 Å². The summed E-state index contributed by atoms with van der Waals surface area (Å²) in [6, 6.07) is 6.59. The van der Waals surface area contributed by atoms with Crippen LogP contribution in [-0.2, 0) is 10.2 Å². The molecular formula is C16H24ClFN2O. The van der Waals surface area contributed by atoms with E-state index in [2.05, 4.69) is 17.6 Å². The lowest BCUT2D eigenvalue weighted by atomic mass is 9.82. The predicted molar refractivity (Wildman–Crippen MR) is 85.3 cm³/mol. The number of carbonyl (C=O) groups is 1. The molecule has 2 N–H and O–H groups in total. The van der Waals surface area contributed by atoms with E-state index in [-0.39, 0.29) is 30.2 Å². The van der Waals surface area contributed by atoms with Crippen LogP contribution in [0.2, 0.25) is 0 Å². The maximum Gasteiger partial charge on any atom is 0.230 e. The van der Waals surface area contributed by atoms with Gasteiger partial charge < -0.3 is 10.6 Å². The predicted octanol–water partition coefficient (Wildman–Crippen LogP) is 2.64. The first kappa shape index (κ1) is 17.9. The SMILES string of the molecule is CC1CCNCC1NC(=O)C(C)(C)c1ccccc1F.Cl. The molecule has 1 aromatic carbocycles. The minimum absolute atomic E-state index is 0. The van der Waals surface area contributed by atoms with E-state index in [9.17, 15) is 9.18 Å². The second kappa shape index (κ2) is 7.23. The van der Waals surface area contributed by atoms with E-state index in [0.717, 1.165) is 19.5 Å². The zero-order valence-electron chi connectivity index (χ0n) is 12.8. The van der Waals surface area contributed by atoms with Crippen molar-refractivity contribution < 1.29 is 9.18 Å². The minimum Gasteiger partial charge on any atom is -0.351 e. The third-order valence-corrected chi connectivity index (χ3v) is 4.26. The minimum atomic E-state index is -0.873. The van der Waals surface area contributed by atoms with Crippen LogP contribution in [0.3, 0.4) is 0 Å². The van der Waals surface area contributed by atoms with Gasteiger partial charge in [-0.05, 0) is 38.8 Å². The molecule has 1 aromatic rings. The average Bonchev–Trinajstić information content (AvgIpc) is 2.41. The van der Waals surface area contributed by atoms with E-state index < -0.39 is 5.41 Å². The van der Waals surface area contributed by atoms with E-state index >= 15 is 0 Å². The van der Waals surface area contributed by atoms with Gasteiger partial charge in [-0.25, -0.2) is 4.39 Å². The fourth-order valence-electron chi connectivity index (χ4n) is 2.62. The Morgan fingerprint density at radius 2 is 2.05 bits per heavy atom. The molecule has 2 atom stereocenters. The van der Waals surface area contributed by atoms with Gasteiger partial charge in [0.15, 0.2) is 0 Å². The summed E-state index contributed by atoms with van der Waals surface area (Å²) >= 11 is 0. The summed E-state index contributed by atoms with van der Waals surface area (Å²) in [5, 5.41) is 6.35. The maximum absolute atomic E-state index is 13.9. The number of benzene rings is 1. The van der Waals surface area contributed by atoms with Crippen molar-refractivity contribution in [3.05, 3.63) is 35.6 Å². The van der Waals surface area contributed by atoms with E-state index in [4.69, 9.17) is 0 Å². The standard InChI is InChI=1S/C16H23FN2O.ClH/c1-11-8-9-18-10-14(11)19-15(20)16(2,3)12-6-4-5-7-13(12)17;/h4-7,11,14,18H,8-10H2,1-3H3,(H,19,20);1H. The lowest BCUT2D eigenvalue weighted by Gasteiger charge is -2.33. The van der Waals surface area contributed by atoms with Gasteiger partial charge in [-0.15, -0.1) is 12.4 Å². The summed E-state index contributed by atoms with van der Waals surface area (Å²) < 4.78 is 13.9. The molecular weight excluding hydrogens is 291 g/mol. The molecule has 118 valence electrons. The molecule has 5 heteroatoms. The summed E-state index contributed by atoms with van der Waals surface area (Å²) in [4.78, 5) is 12.5. The molecule has 0 bridgehead atoms. The molecule has 1 aliphatic rings. The van der Waals surface area contributed by atoms with Crippen LogP contribution < -0.4 is 10.6 Å². The van der Waals surface area contributed by atoms with Crippen LogP contribution in [0.25, 0.3) is 0 Å². The first-order valence-electron chi connectivity index (χ1n) is 7.19. The van der Waals surface area contributed by atoms with Crippen molar-refractivity contribution in [3.63, 3.8) is 0 Å². The van der Waals surface area contributed by atoms with Crippen molar-refractivity contribution in [2.45, 2.75) is 38.6 Å². The number of nitrogens with one attached hydrogen (secondary N) is 2. The highest BCUT2D eigenvalue weighted by molar-refractivity contribution is 5.87. The van der Waals surface area contributed by atoms with Gasteiger partial charge in [0.05, 0.1) is 5.41 Å². The van der Waals surface area contributed by atoms with Crippen LogP contribution in [0, 0.1) is 11.7 Å². The molecule has 1 amide bonds. The van der Waals surface area contributed by atoms with Crippen LogP contribution in [0.4, 0.5) is 4.39 Å². The molecule has 1 heterocycles. The lowest BCUT2D eigenvalue weighted by Crippen LogP contribution is -2.54. The smallest absolute Gasteiger partial charge is 0.230 e. The Kier molecular flexibility index (Phi) is 6.17. The number of halogens is 2. The number of hydrogen-bond acceptors (Lipinski definition) is 2. The van der Waals surface area contributed by atoms with Gasteiger partial charge >= 0.3 is 0 Å². The highest BCUT2D eigenvalue weighted by Crippen LogP contribution is 2.26. The quantitative estimate of drug-likeness (QED) is 0.900. The van der Waals surface area contributed by atoms with Crippen LogP contribution in [0.5, 0.6) is 0 Å². The van der Waals surface area contributed by atoms with Gasteiger partial charge in [-0.3, -0.25) is 4.79 Å². The Labute approximate surface area is 132 Å². The number of carbonyl (C=O) groups excluding carboxylic acids is 1. The molecule has 1 aliphatic heterocycles. The summed E-state index contributed by atoms with van der Waals surface area (Å²) in [5.74, 6) is -0.0118. The topological polar surface area (TPSA) is 41.1 Å². The fraction of sp³-hybridized carbons (Fsp3) is 0.562. The van der Waals surface area contributed by atoms with Crippen LogP contribution in [0.15, 0.2) is 24.3 Å². The highest BCUT2D eigenvalue weighted by atomic mass is 35.5. The van der Waals surface area contributed by atoms with Gasteiger partial charge in [-0.2, -0.15) is 0 Å². The zero-order valence-corrected chi connectivity index (χ0v) is 13.6. The molecule has 1 saturated heterocycles. The highest BCUT2D eigenvalue weighted by Gasteiger charge is 2.34. The summed E-state index contributed by atoms with van der Waals surface area (Å²) in [5.41, 5.74) is -0.434. The lowest BCUT2D eigenvalue weighted by molar-refractivity contribution is -0.127. The van der Waals surface area contributed by atoms with Gasteiger partial charge in [0.1, 0.15) is 5.82 Å². The molecule has 0 spiro atoms. The first-order valence-corrected chi connectivity index (χ1v) is 7.19. The second-order valence-corrected chi connectivity index (χ2v) is 6.15. The summed E-state index contributed by atoms with van der Waals surface area (Å²) in [7, 11) is 0. The van der Waals surface area contributed by atoms with Gasteiger partial charge in [0, 0.05) is 18.2 Å². The fourth-order valence-corrected chi connectivity index (χ4v) is 2.62. The van der Waals surface area contributed by atoms with Crippen LogP contribution in [-0.4, -0.2) is 25.0 Å². The number of hydrogen-bond donors (Lipinski definition) is 2. The Hall–Kier alpha value is -1.13. The van der Waals surface area contributed by atoms with E-state index in [1.54, 1.807) is 32.0 Å². The molecule has 0 saturated carbocycles. The van der Waals surface area contributed by atoms with Crippen molar-refractivity contribution in [2.24, 2.45) is 5.92 Å². The molecule has 0 radical (unpaired) electrons. The maximum atomic E-state index is 13.9. The number of rotatable bonds is 3. The largest absolute Gasteiger partial charge is 0.351 e. The molecule has 3 nitrogen and oxygen atoms in total. The zero-order chi connectivity index (χ0) is 14.8. The van der Waals surface area contributed by atoms with Crippen molar-refractivity contribution in [2.75, 3.05) is 13.1 Å². The second-order valence-electron chi connectivity index (χ2n) is 6.15.